The molecule has 2 atom stereocenters. The lowest BCUT2D eigenvalue weighted by atomic mass is 10.0. The van der Waals surface area contributed by atoms with Gasteiger partial charge in [-0.05, 0) is 56.4 Å². The zero-order chi connectivity index (χ0) is 14.7. The maximum absolute atomic E-state index is 13.7. The molecule has 0 aromatic heterocycles. The number of hydrogen-bond acceptors (Lipinski definition) is 3. The summed E-state index contributed by atoms with van der Waals surface area (Å²) in [4.78, 5) is 2.14. The smallest absolute Gasteiger partial charge is 0.126 e. The van der Waals surface area contributed by atoms with Crippen LogP contribution in [0.5, 0.6) is 0 Å². The summed E-state index contributed by atoms with van der Waals surface area (Å²) in [6, 6.07) is 3.26. The number of nitrogens with zero attached hydrogens (tertiary/aromatic N) is 1. The minimum atomic E-state index is -0.191. The molecular weight excluding hydrogens is 255 g/mol. The van der Waals surface area contributed by atoms with Crippen molar-refractivity contribution in [3.05, 3.63) is 29.1 Å². The number of ether oxygens (including phenoxy) is 1. The Morgan fingerprint density at radius 3 is 2.80 bits per heavy atom. The number of nitrogens with two attached hydrogens (primary N) is 1. The molecule has 1 unspecified atom stereocenters. The van der Waals surface area contributed by atoms with Gasteiger partial charge in [0, 0.05) is 31.9 Å². The van der Waals surface area contributed by atoms with Crippen LogP contribution in [0.4, 0.5) is 10.1 Å². The third-order valence-electron chi connectivity index (χ3n) is 3.96. The van der Waals surface area contributed by atoms with Gasteiger partial charge in [-0.3, -0.25) is 0 Å². The Bertz CT molecular complexity index is 456. The molecule has 0 bridgehead atoms. The first kappa shape index (κ1) is 15.3. The molecule has 1 aliphatic heterocycles. The Morgan fingerprint density at radius 2 is 2.20 bits per heavy atom. The van der Waals surface area contributed by atoms with E-state index in [1.807, 2.05) is 20.0 Å². The number of anilines is 1. The molecule has 2 rings (SSSR count). The van der Waals surface area contributed by atoms with Gasteiger partial charge in [-0.15, -0.1) is 0 Å². The topological polar surface area (TPSA) is 38.5 Å². The van der Waals surface area contributed by atoms with Crippen LogP contribution in [0.15, 0.2) is 12.1 Å². The first-order chi connectivity index (χ1) is 9.49. The molecule has 1 aromatic rings. The lowest BCUT2D eigenvalue weighted by Crippen LogP contribution is -2.34. The number of likely N-dealkylation sites (N-methyl/N-ethyl adjacent to an activating group) is 1. The van der Waals surface area contributed by atoms with Crippen molar-refractivity contribution in [2.24, 2.45) is 5.73 Å². The van der Waals surface area contributed by atoms with Crippen LogP contribution in [0.25, 0.3) is 0 Å². The number of halogens is 1. The molecule has 3 nitrogen and oxygen atoms in total. The average molecular weight is 280 g/mol. The quantitative estimate of drug-likeness (QED) is 0.920. The van der Waals surface area contributed by atoms with E-state index in [0.29, 0.717) is 5.56 Å². The molecule has 1 aromatic carbocycles. The molecule has 112 valence electrons. The largest absolute Gasteiger partial charge is 0.376 e. The molecule has 1 saturated heterocycles. The normalized spacial score (nSPS) is 20.8. The number of aryl methyl sites for hydroxylation is 1. The molecular formula is C16H25FN2O. The van der Waals surface area contributed by atoms with Crippen LogP contribution >= 0.6 is 0 Å². The first-order valence-electron chi connectivity index (χ1n) is 7.37. The molecule has 1 heterocycles. The predicted octanol–water partition coefficient (Wildman–Crippen LogP) is 3.16. The first-order valence-corrected chi connectivity index (χ1v) is 7.37. The van der Waals surface area contributed by atoms with Gasteiger partial charge in [-0.1, -0.05) is 0 Å². The van der Waals surface area contributed by atoms with Gasteiger partial charge < -0.3 is 15.4 Å². The lowest BCUT2D eigenvalue weighted by Gasteiger charge is -2.30. The van der Waals surface area contributed by atoms with Crippen molar-refractivity contribution >= 4 is 5.69 Å². The van der Waals surface area contributed by atoms with Gasteiger partial charge in [0.2, 0.25) is 0 Å². The fraction of sp³-hybridized carbons (Fsp3) is 0.625. The van der Waals surface area contributed by atoms with E-state index in [-0.39, 0.29) is 18.0 Å². The van der Waals surface area contributed by atoms with Gasteiger partial charge >= 0.3 is 0 Å². The highest BCUT2D eigenvalue weighted by Gasteiger charge is 2.19. The van der Waals surface area contributed by atoms with E-state index in [4.69, 9.17) is 10.5 Å². The predicted molar refractivity (Wildman–Crippen MR) is 80.6 cm³/mol. The summed E-state index contributed by atoms with van der Waals surface area (Å²) in [6.07, 6.45) is 3.74. The minimum Gasteiger partial charge on any atom is -0.376 e. The maximum Gasteiger partial charge on any atom is 0.126 e. The Hall–Kier alpha value is -1.13. The number of hydrogen-bond donors (Lipinski definition) is 1. The lowest BCUT2D eigenvalue weighted by molar-refractivity contribution is 0.0216. The Labute approximate surface area is 120 Å². The minimum absolute atomic E-state index is 0.185. The Kier molecular flexibility index (Phi) is 5.00. The van der Waals surface area contributed by atoms with E-state index < -0.39 is 0 Å². The Morgan fingerprint density at radius 1 is 1.45 bits per heavy atom. The van der Waals surface area contributed by atoms with Crippen LogP contribution in [0.3, 0.4) is 0 Å². The molecule has 0 aliphatic carbocycles. The van der Waals surface area contributed by atoms with E-state index in [2.05, 4.69) is 4.90 Å². The summed E-state index contributed by atoms with van der Waals surface area (Å²) in [7, 11) is 2.02. The Balaban J connectivity index is 2.19. The standard InChI is InChI=1S/C16H25FN2O/c1-11-8-16(14(12(2)18)9-15(11)17)19(3)10-13-6-4-5-7-20-13/h8-9,12-13H,4-7,10,18H2,1-3H3/t12-,13?/m1/s1. The van der Waals surface area contributed by atoms with E-state index in [1.165, 1.54) is 6.42 Å². The van der Waals surface area contributed by atoms with Gasteiger partial charge in [0.15, 0.2) is 0 Å². The van der Waals surface area contributed by atoms with E-state index in [1.54, 1.807) is 13.0 Å². The van der Waals surface area contributed by atoms with Crippen molar-refractivity contribution in [2.75, 3.05) is 25.1 Å². The van der Waals surface area contributed by atoms with E-state index in [9.17, 15) is 4.39 Å². The molecule has 1 fully saturated rings. The van der Waals surface area contributed by atoms with Gasteiger partial charge in [0.05, 0.1) is 6.10 Å². The fourth-order valence-electron chi connectivity index (χ4n) is 2.73. The van der Waals surface area contributed by atoms with Crippen molar-refractivity contribution < 1.29 is 9.13 Å². The monoisotopic (exact) mass is 280 g/mol. The van der Waals surface area contributed by atoms with Crippen LogP contribution in [-0.2, 0) is 4.74 Å². The fourth-order valence-corrected chi connectivity index (χ4v) is 2.73. The second-order valence-electron chi connectivity index (χ2n) is 5.82. The van der Waals surface area contributed by atoms with Gasteiger partial charge in [-0.2, -0.15) is 0 Å². The van der Waals surface area contributed by atoms with Crippen LogP contribution < -0.4 is 10.6 Å². The van der Waals surface area contributed by atoms with Crippen LogP contribution in [-0.4, -0.2) is 26.3 Å². The molecule has 2 N–H and O–H groups in total. The van der Waals surface area contributed by atoms with Crippen molar-refractivity contribution in [3.63, 3.8) is 0 Å². The highest BCUT2D eigenvalue weighted by Crippen LogP contribution is 2.28. The molecule has 1 aliphatic rings. The zero-order valence-electron chi connectivity index (χ0n) is 12.7. The SMILES string of the molecule is Cc1cc(N(C)CC2CCCCO2)c([C@@H](C)N)cc1F. The average Bonchev–Trinajstić information content (AvgIpc) is 2.42. The zero-order valence-corrected chi connectivity index (χ0v) is 12.7. The summed E-state index contributed by atoms with van der Waals surface area (Å²) in [5.74, 6) is -0.191. The van der Waals surface area contributed by atoms with Gasteiger partial charge in [-0.25, -0.2) is 4.39 Å². The van der Waals surface area contributed by atoms with Crippen molar-refractivity contribution in [2.45, 2.75) is 45.3 Å². The third-order valence-corrected chi connectivity index (χ3v) is 3.96. The van der Waals surface area contributed by atoms with Gasteiger partial charge in [0.25, 0.3) is 0 Å². The van der Waals surface area contributed by atoms with Crippen molar-refractivity contribution in [1.82, 2.24) is 0 Å². The summed E-state index contributed by atoms with van der Waals surface area (Å²) < 4.78 is 19.5. The van der Waals surface area contributed by atoms with E-state index in [0.717, 1.165) is 37.2 Å². The summed E-state index contributed by atoms with van der Waals surface area (Å²) >= 11 is 0. The van der Waals surface area contributed by atoms with Crippen LogP contribution in [0.1, 0.15) is 43.4 Å². The maximum atomic E-state index is 13.7. The summed E-state index contributed by atoms with van der Waals surface area (Å²) in [6.45, 7) is 5.35. The molecule has 0 saturated carbocycles. The molecule has 0 spiro atoms. The van der Waals surface area contributed by atoms with Gasteiger partial charge in [0.1, 0.15) is 5.82 Å². The highest BCUT2D eigenvalue weighted by molar-refractivity contribution is 5.56. The highest BCUT2D eigenvalue weighted by atomic mass is 19.1. The molecule has 20 heavy (non-hydrogen) atoms. The van der Waals surface area contributed by atoms with Crippen molar-refractivity contribution in [3.8, 4) is 0 Å². The van der Waals surface area contributed by atoms with Crippen LogP contribution in [0, 0.1) is 12.7 Å². The summed E-state index contributed by atoms with van der Waals surface area (Å²) in [5.41, 5.74) is 8.49. The third kappa shape index (κ3) is 3.49. The molecule has 0 radical (unpaired) electrons. The number of benzene rings is 1. The van der Waals surface area contributed by atoms with Crippen molar-refractivity contribution in [1.29, 1.82) is 0 Å². The molecule has 4 heteroatoms. The summed E-state index contributed by atoms with van der Waals surface area (Å²) in [5, 5.41) is 0. The molecule has 0 amide bonds. The number of rotatable bonds is 4. The second-order valence-corrected chi connectivity index (χ2v) is 5.82. The second kappa shape index (κ2) is 6.55. The van der Waals surface area contributed by atoms with Crippen LogP contribution in [0.2, 0.25) is 0 Å². The van der Waals surface area contributed by atoms with E-state index >= 15 is 0 Å².